The second-order valence-electron chi connectivity index (χ2n) is 7.14. The normalized spacial score (nSPS) is 15.6. The standard InChI is InChI=1S/C21H19ClN6O3/c1-30-18-4-3-13(22)9-15(18)19-17(12-27(26-19)11-14-5-8-31-14)25-21(29)16-10-24-28-7-2-6-23-20(16)28/h2-4,6-7,9-10,12,14H,5,8,11H2,1H3,(H,25,29). The van der Waals surface area contributed by atoms with E-state index >= 15 is 0 Å². The van der Waals surface area contributed by atoms with E-state index in [1.165, 1.54) is 6.20 Å². The van der Waals surface area contributed by atoms with E-state index in [1.54, 1.807) is 59.2 Å². The number of nitrogens with zero attached hydrogens (tertiary/aromatic N) is 5. The van der Waals surface area contributed by atoms with Gasteiger partial charge in [0.25, 0.3) is 5.91 Å². The van der Waals surface area contributed by atoms with Crippen LogP contribution in [-0.2, 0) is 11.3 Å². The van der Waals surface area contributed by atoms with Crippen LogP contribution in [0.3, 0.4) is 0 Å². The molecule has 0 bridgehead atoms. The summed E-state index contributed by atoms with van der Waals surface area (Å²) in [7, 11) is 1.58. The number of carbonyl (C=O) groups excluding carboxylic acids is 1. The molecule has 1 fully saturated rings. The number of carbonyl (C=O) groups is 1. The zero-order chi connectivity index (χ0) is 21.4. The maximum atomic E-state index is 13.1. The van der Waals surface area contributed by atoms with Crippen molar-refractivity contribution in [1.29, 1.82) is 0 Å². The molecule has 4 aromatic rings. The highest BCUT2D eigenvalue weighted by Gasteiger charge is 2.23. The van der Waals surface area contributed by atoms with Gasteiger partial charge in [0, 0.05) is 35.8 Å². The van der Waals surface area contributed by atoms with Crippen molar-refractivity contribution in [3.8, 4) is 17.0 Å². The highest BCUT2D eigenvalue weighted by Crippen LogP contribution is 2.36. The van der Waals surface area contributed by atoms with E-state index in [0.29, 0.717) is 45.5 Å². The van der Waals surface area contributed by atoms with Gasteiger partial charge < -0.3 is 14.8 Å². The fourth-order valence-electron chi connectivity index (χ4n) is 3.48. The van der Waals surface area contributed by atoms with Crippen LogP contribution >= 0.6 is 11.6 Å². The van der Waals surface area contributed by atoms with Gasteiger partial charge in [-0.15, -0.1) is 0 Å². The molecule has 1 atom stereocenters. The van der Waals surface area contributed by atoms with Crippen LogP contribution < -0.4 is 10.1 Å². The predicted molar refractivity (Wildman–Crippen MR) is 115 cm³/mol. The van der Waals surface area contributed by atoms with E-state index in [4.69, 9.17) is 26.2 Å². The molecule has 3 aromatic heterocycles. The zero-order valence-electron chi connectivity index (χ0n) is 16.7. The molecule has 158 valence electrons. The van der Waals surface area contributed by atoms with Gasteiger partial charge in [0.2, 0.25) is 0 Å². The third-order valence-electron chi connectivity index (χ3n) is 5.13. The van der Waals surface area contributed by atoms with Crippen molar-refractivity contribution in [2.75, 3.05) is 19.0 Å². The Morgan fingerprint density at radius 3 is 3.06 bits per heavy atom. The van der Waals surface area contributed by atoms with Crippen molar-refractivity contribution in [2.24, 2.45) is 0 Å². The number of halogens is 1. The van der Waals surface area contributed by atoms with E-state index in [1.807, 2.05) is 0 Å². The fourth-order valence-corrected chi connectivity index (χ4v) is 3.66. The first-order chi connectivity index (χ1) is 15.1. The summed E-state index contributed by atoms with van der Waals surface area (Å²) in [5, 5.41) is 12.4. The number of hydrogen-bond donors (Lipinski definition) is 1. The highest BCUT2D eigenvalue weighted by molar-refractivity contribution is 6.31. The minimum Gasteiger partial charge on any atom is -0.496 e. The Bertz CT molecular complexity index is 1260. The van der Waals surface area contributed by atoms with Crippen molar-refractivity contribution in [3.63, 3.8) is 0 Å². The van der Waals surface area contributed by atoms with Crippen LogP contribution in [0.2, 0.25) is 5.02 Å². The third-order valence-corrected chi connectivity index (χ3v) is 5.37. The molecule has 1 aromatic carbocycles. The number of fused-ring (bicyclic) bond motifs is 1. The molecule has 10 heteroatoms. The number of methoxy groups -OCH3 is 1. The van der Waals surface area contributed by atoms with Crippen molar-refractivity contribution in [2.45, 2.75) is 19.1 Å². The van der Waals surface area contributed by atoms with Crippen molar-refractivity contribution in [1.82, 2.24) is 24.4 Å². The minimum absolute atomic E-state index is 0.112. The number of ether oxygens (including phenoxy) is 2. The molecule has 0 spiro atoms. The van der Waals surface area contributed by atoms with Crippen LogP contribution in [0, 0.1) is 0 Å². The van der Waals surface area contributed by atoms with Crippen LogP contribution in [0.15, 0.2) is 49.1 Å². The first-order valence-corrected chi connectivity index (χ1v) is 10.1. The molecule has 5 rings (SSSR count). The van der Waals surface area contributed by atoms with Gasteiger partial charge in [0.05, 0.1) is 31.6 Å². The summed E-state index contributed by atoms with van der Waals surface area (Å²) >= 11 is 6.23. The topological polar surface area (TPSA) is 95.6 Å². The van der Waals surface area contributed by atoms with Crippen LogP contribution in [0.4, 0.5) is 5.69 Å². The van der Waals surface area contributed by atoms with Crippen molar-refractivity contribution < 1.29 is 14.3 Å². The van der Waals surface area contributed by atoms with E-state index in [9.17, 15) is 4.79 Å². The number of amides is 1. The van der Waals surface area contributed by atoms with Crippen LogP contribution in [0.25, 0.3) is 16.9 Å². The molecule has 1 aliphatic heterocycles. The lowest BCUT2D eigenvalue weighted by Crippen LogP contribution is -2.31. The molecule has 1 amide bonds. The maximum absolute atomic E-state index is 13.1. The summed E-state index contributed by atoms with van der Waals surface area (Å²) < 4.78 is 14.3. The lowest BCUT2D eigenvalue weighted by Gasteiger charge is -2.25. The smallest absolute Gasteiger partial charge is 0.261 e. The second kappa shape index (κ2) is 8.01. The van der Waals surface area contributed by atoms with Gasteiger partial charge in [0.15, 0.2) is 5.65 Å². The van der Waals surface area contributed by atoms with E-state index in [-0.39, 0.29) is 12.0 Å². The Morgan fingerprint density at radius 2 is 2.29 bits per heavy atom. The SMILES string of the molecule is COc1ccc(Cl)cc1-c1nn(CC2CCO2)cc1NC(=O)c1cnn2cccnc12. The second-order valence-corrected chi connectivity index (χ2v) is 7.58. The van der Waals surface area contributed by atoms with Crippen molar-refractivity contribution >= 4 is 28.8 Å². The minimum atomic E-state index is -0.338. The summed E-state index contributed by atoms with van der Waals surface area (Å²) in [5.41, 5.74) is 2.59. The summed E-state index contributed by atoms with van der Waals surface area (Å²) in [4.78, 5) is 17.3. The van der Waals surface area contributed by atoms with Gasteiger partial charge in [-0.2, -0.15) is 10.2 Å². The average molecular weight is 439 g/mol. The Labute approximate surface area is 182 Å². The number of aromatic nitrogens is 5. The Balaban J connectivity index is 1.53. The Hall–Kier alpha value is -3.43. The molecule has 0 aliphatic carbocycles. The lowest BCUT2D eigenvalue weighted by molar-refractivity contribution is -0.0608. The number of nitrogens with one attached hydrogen (secondary N) is 1. The number of benzene rings is 1. The fraction of sp³-hybridized carbons (Fsp3) is 0.238. The molecule has 1 unspecified atom stereocenters. The molecular weight excluding hydrogens is 420 g/mol. The molecule has 9 nitrogen and oxygen atoms in total. The molecule has 0 radical (unpaired) electrons. The maximum Gasteiger partial charge on any atom is 0.261 e. The Kier molecular flexibility index (Phi) is 5.05. The highest BCUT2D eigenvalue weighted by atomic mass is 35.5. The monoisotopic (exact) mass is 438 g/mol. The molecule has 0 saturated carbocycles. The Morgan fingerprint density at radius 1 is 1.42 bits per heavy atom. The molecular formula is C21H19ClN6O3. The first-order valence-electron chi connectivity index (χ1n) is 9.75. The van der Waals surface area contributed by atoms with E-state index in [0.717, 1.165) is 13.0 Å². The number of anilines is 1. The predicted octanol–water partition coefficient (Wildman–Crippen LogP) is 3.30. The molecule has 1 N–H and O–H groups in total. The largest absolute Gasteiger partial charge is 0.496 e. The van der Waals surface area contributed by atoms with Crippen LogP contribution in [-0.4, -0.2) is 50.1 Å². The van der Waals surface area contributed by atoms with Gasteiger partial charge in [-0.1, -0.05) is 11.6 Å². The quantitative estimate of drug-likeness (QED) is 0.496. The van der Waals surface area contributed by atoms with Gasteiger partial charge in [-0.3, -0.25) is 9.48 Å². The summed E-state index contributed by atoms with van der Waals surface area (Å²) in [5.74, 6) is 0.262. The lowest BCUT2D eigenvalue weighted by atomic mass is 10.1. The van der Waals surface area contributed by atoms with E-state index in [2.05, 4.69) is 15.4 Å². The summed E-state index contributed by atoms with van der Waals surface area (Å²) in [6.07, 6.45) is 7.72. The van der Waals surface area contributed by atoms with Crippen LogP contribution in [0.1, 0.15) is 16.8 Å². The molecule has 1 saturated heterocycles. The molecule has 4 heterocycles. The summed E-state index contributed by atoms with van der Waals surface area (Å²) in [6.45, 7) is 1.34. The van der Waals surface area contributed by atoms with Gasteiger partial charge in [0.1, 0.15) is 17.0 Å². The van der Waals surface area contributed by atoms with E-state index < -0.39 is 0 Å². The van der Waals surface area contributed by atoms with Gasteiger partial charge in [-0.25, -0.2) is 9.50 Å². The van der Waals surface area contributed by atoms with Gasteiger partial charge >= 0.3 is 0 Å². The average Bonchev–Trinajstić information content (AvgIpc) is 3.35. The molecule has 1 aliphatic rings. The number of hydrogen-bond acceptors (Lipinski definition) is 6. The zero-order valence-corrected chi connectivity index (χ0v) is 17.4. The van der Waals surface area contributed by atoms with Gasteiger partial charge in [-0.05, 0) is 30.7 Å². The van der Waals surface area contributed by atoms with Crippen molar-refractivity contribution in [3.05, 3.63) is 59.6 Å². The van der Waals surface area contributed by atoms with Crippen LogP contribution in [0.5, 0.6) is 5.75 Å². The molecule has 31 heavy (non-hydrogen) atoms. The number of rotatable bonds is 6. The first kappa shape index (κ1) is 19.5. The third kappa shape index (κ3) is 3.73. The summed E-state index contributed by atoms with van der Waals surface area (Å²) in [6, 6.07) is 7.02.